The Kier molecular flexibility index (Phi) is 7.30. The molecule has 4 aromatic rings. The molecule has 0 radical (unpaired) electrons. The molecule has 0 aliphatic heterocycles. The number of hydrogen-bond donors (Lipinski definition) is 2. The van der Waals surface area contributed by atoms with Crippen LogP contribution in [0.2, 0.25) is 0 Å². The fourth-order valence-corrected chi connectivity index (χ4v) is 3.49. The van der Waals surface area contributed by atoms with Crippen molar-refractivity contribution in [3.8, 4) is 16.9 Å². The maximum Gasteiger partial charge on any atom is 0.251 e. The van der Waals surface area contributed by atoms with Crippen molar-refractivity contribution in [1.82, 2.24) is 15.6 Å². The molecule has 6 nitrogen and oxygen atoms in total. The Morgan fingerprint density at radius 2 is 1.32 bits per heavy atom. The van der Waals surface area contributed by atoms with Gasteiger partial charge in [-0.05, 0) is 70.8 Å². The number of nitrogens with one attached hydrogen (secondary N) is 2. The van der Waals surface area contributed by atoms with Crippen molar-refractivity contribution < 1.29 is 14.3 Å². The highest BCUT2D eigenvalue weighted by Gasteiger charge is 2.09. The second kappa shape index (κ2) is 10.9. The van der Waals surface area contributed by atoms with Crippen molar-refractivity contribution in [1.29, 1.82) is 0 Å². The van der Waals surface area contributed by atoms with Crippen LogP contribution in [0.3, 0.4) is 0 Å². The van der Waals surface area contributed by atoms with Gasteiger partial charge in [0.2, 0.25) is 0 Å². The minimum absolute atomic E-state index is 0.171. The van der Waals surface area contributed by atoms with Crippen molar-refractivity contribution in [2.24, 2.45) is 0 Å². The molecule has 0 fully saturated rings. The van der Waals surface area contributed by atoms with Gasteiger partial charge in [0.15, 0.2) is 0 Å². The smallest absolute Gasteiger partial charge is 0.251 e. The second-order valence-corrected chi connectivity index (χ2v) is 7.73. The van der Waals surface area contributed by atoms with Gasteiger partial charge in [-0.3, -0.25) is 14.6 Å². The molecule has 1 aromatic heterocycles. The number of hydrogen-bond acceptors (Lipinski definition) is 4. The summed E-state index contributed by atoms with van der Waals surface area (Å²) in [5.74, 6) is 0.431. The lowest BCUT2D eigenvalue weighted by Gasteiger charge is -2.09. The molecule has 0 unspecified atom stereocenters. The molecule has 6 heteroatoms. The third-order valence-electron chi connectivity index (χ3n) is 5.42. The first-order valence-electron chi connectivity index (χ1n) is 10.9. The molecule has 1 heterocycles. The molecule has 170 valence electrons. The zero-order chi connectivity index (χ0) is 23.8. The van der Waals surface area contributed by atoms with E-state index in [-0.39, 0.29) is 11.8 Å². The lowest BCUT2D eigenvalue weighted by atomic mass is 10.0. The number of nitrogens with zero attached hydrogens (tertiary/aromatic N) is 1. The highest BCUT2D eigenvalue weighted by atomic mass is 16.5. The number of rotatable bonds is 8. The molecular weight excluding hydrogens is 426 g/mol. The number of carbonyl (C=O) groups is 2. The minimum Gasteiger partial charge on any atom is -0.497 e. The van der Waals surface area contributed by atoms with Crippen molar-refractivity contribution in [3.05, 3.63) is 120 Å². The van der Waals surface area contributed by atoms with E-state index in [1.165, 1.54) is 0 Å². The quantitative estimate of drug-likeness (QED) is 0.410. The van der Waals surface area contributed by atoms with Crippen LogP contribution >= 0.6 is 0 Å². The molecule has 2 amide bonds. The number of ether oxygens (including phenoxy) is 1. The van der Waals surface area contributed by atoms with Crippen LogP contribution in [0.4, 0.5) is 0 Å². The van der Waals surface area contributed by atoms with Gasteiger partial charge in [0.1, 0.15) is 5.75 Å². The summed E-state index contributed by atoms with van der Waals surface area (Å²) in [7, 11) is 1.62. The molecular formula is C28H25N3O3. The van der Waals surface area contributed by atoms with E-state index in [0.29, 0.717) is 24.2 Å². The van der Waals surface area contributed by atoms with Gasteiger partial charge in [0, 0.05) is 36.6 Å². The maximum absolute atomic E-state index is 12.6. The van der Waals surface area contributed by atoms with E-state index < -0.39 is 0 Å². The summed E-state index contributed by atoms with van der Waals surface area (Å²) in [6.45, 7) is 0.740. The highest BCUT2D eigenvalue weighted by molar-refractivity contribution is 5.95. The fourth-order valence-electron chi connectivity index (χ4n) is 3.49. The van der Waals surface area contributed by atoms with E-state index in [9.17, 15) is 9.59 Å². The summed E-state index contributed by atoms with van der Waals surface area (Å²) in [6, 6.07) is 26.1. The summed E-state index contributed by atoms with van der Waals surface area (Å²) in [5.41, 5.74) is 5.01. The molecule has 4 rings (SSSR count). The van der Waals surface area contributed by atoms with Crippen LogP contribution in [-0.2, 0) is 13.1 Å². The summed E-state index contributed by atoms with van der Waals surface area (Å²) in [4.78, 5) is 29.2. The Bertz CT molecular complexity index is 1250. The van der Waals surface area contributed by atoms with Crippen LogP contribution in [0, 0.1) is 0 Å². The van der Waals surface area contributed by atoms with Gasteiger partial charge in [-0.25, -0.2) is 0 Å². The summed E-state index contributed by atoms with van der Waals surface area (Å²) in [5, 5.41) is 5.84. The predicted octanol–water partition coefficient (Wildman–Crippen LogP) is 4.62. The summed E-state index contributed by atoms with van der Waals surface area (Å²) >= 11 is 0. The van der Waals surface area contributed by atoms with Gasteiger partial charge in [-0.1, -0.05) is 36.4 Å². The molecule has 0 bridgehead atoms. The van der Waals surface area contributed by atoms with Gasteiger partial charge in [-0.2, -0.15) is 0 Å². The molecule has 0 atom stereocenters. The fraction of sp³-hybridized carbons (Fsp3) is 0.107. The van der Waals surface area contributed by atoms with E-state index in [1.54, 1.807) is 43.8 Å². The average molecular weight is 452 g/mol. The van der Waals surface area contributed by atoms with E-state index >= 15 is 0 Å². The lowest BCUT2D eigenvalue weighted by molar-refractivity contribution is 0.0945. The van der Waals surface area contributed by atoms with Crippen LogP contribution in [-0.4, -0.2) is 23.9 Å². The Labute approximate surface area is 198 Å². The SMILES string of the molecule is COc1ccc(CNC(=O)c2cccc(CNC(=O)c3ccc(-c4ccncc4)cc3)c2)cc1. The van der Waals surface area contributed by atoms with Crippen LogP contribution in [0.15, 0.2) is 97.3 Å². The van der Waals surface area contributed by atoms with Crippen LogP contribution in [0.25, 0.3) is 11.1 Å². The van der Waals surface area contributed by atoms with Gasteiger partial charge >= 0.3 is 0 Å². The number of methoxy groups -OCH3 is 1. The summed E-state index contributed by atoms with van der Waals surface area (Å²) < 4.78 is 5.15. The van der Waals surface area contributed by atoms with Gasteiger partial charge < -0.3 is 15.4 Å². The molecule has 0 aliphatic rings. The minimum atomic E-state index is -0.171. The Morgan fingerprint density at radius 1 is 0.706 bits per heavy atom. The highest BCUT2D eigenvalue weighted by Crippen LogP contribution is 2.18. The monoisotopic (exact) mass is 451 g/mol. The Balaban J connectivity index is 1.32. The molecule has 34 heavy (non-hydrogen) atoms. The van der Waals surface area contributed by atoms with E-state index in [1.807, 2.05) is 60.7 Å². The van der Waals surface area contributed by atoms with Crippen molar-refractivity contribution in [2.75, 3.05) is 7.11 Å². The van der Waals surface area contributed by atoms with Gasteiger partial charge in [0.05, 0.1) is 7.11 Å². The molecule has 0 spiro atoms. The Morgan fingerprint density at radius 3 is 2.00 bits per heavy atom. The second-order valence-electron chi connectivity index (χ2n) is 7.73. The van der Waals surface area contributed by atoms with Gasteiger partial charge in [-0.15, -0.1) is 0 Å². The average Bonchev–Trinajstić information content (AvgIpc) is 2.91. The largest absolute Gasteiger partial charge is 0.497 e. The standard InChI is InChI=1S/C28H25N3O3/c1-34-26-11-5-20(6-12-26)18-30-28(33)25-4-2-3-21(17-25)19-31-27(32)24-9-7-22(8-10-24)23-13-15-29-16-14-23/h2-17H,18-19H2,1H3,(H,30,33)(H,31,32). The maximum atomic E-state index is 12.6. The van der Waals surface area contributed by atoms with Crippen LogP contribution in [0.1, 0.15) is 31.8 Å². The molecule has 0 aliphatic carbocycles. The van der Waals surface area contributed by atoms with Crippen molar-refractivity contribution >= 4 is 11.8 Å². The zero-order valence-corrected chi connectivity index (χ0v) is 18.8. The summed E-state index contributed by atoms with van der Waals surface area (Å²) in [6.07, 6.45) is 3.48. The van der Waals surface area contributed by atoms with Crippen molar-refractivity contribution in [3.63, 3.8) is 0 Å². The molecule has 0 saturated heterocycles. The number of carbonyl (C=O) groups excluding carboxylic acids is 2. The predicted molar refractivity (Wildman–Crippen MR) is 131 cm³/mol. The number of aromatic nitrogens is 1. The first kappa shape index (κ1) is 22.7. The molecule has 2 N–H and O–H groups in total. The first-order valence-corrected chi connectivity index (χ1v) is 10.9. The molecule has 3 aromatic carbocycles. The number of pyridine rings is 1. The molecule has 0 saturated carbocycles. The third kappa shape index (κ3) is 5.86. The van der Waals surface area contributed by atoms with Crippen molar-refractivity contribution in [2.45, 2.75) is 13.1 Å². The normalized spacial score (nSPS) is 10.4. The van der Waals surface area contributed by atoms with E-state index in [0.717, 1.165) is 28.0 Å². The van der Waals surface area contributed by atoms with E-state index in [2.05, 4.69) is 15.6 Å². The number of benzene rings is 3. The lowest BCUT2D eigenvalue weighted by Crippen LogP contribution is -2.24. The van der Waals surface area contributed by atoms with E-state index in [4.69, 9.17) is 4.74 Å². The number of amides is 2. The first-order chi connectivity index (χ1) is 16.6. The van der Waals surface area contributed by atoms with Gasteiger partial charge in [0.25, 0.3) is 11.8 Å². The Hall–Kier alpha value is -4.45. The topological polar surface area (TPSA) is 80.3 Å². The van der Waals surface area contributed by atoms with Crippen LogP contribution < -0.4 is 15.4 Å². The third-order valence-corrected chi connectivity index (χ3v) is 5.42. The van der Waals surface area contributed by atoms with Crippen LogP contribution in [0.5, 0.6) is 5.75 Å². The zero-order valence-electron chi connectivity index (χ0n) is 18.8.